The van der Waals surface area contributed by atoms with E-state index in [2.05, 4.69) is 10.3 Å². The van der Waals surface area contributed by atoms with Crippen molar-refractivity contribution in [1.82, 2.24) is 4.98 Å². The SMILES string of the molecule is O=C(Nc1ccccc1C(=O)O)c1cccc(-c2cnco2)c1. The number of rotatable bonds is 4. The Kier molecular flexibility index (Phi) is 3.88. The Morgan fingerprint density at radius 2 is 1.91 bits per heavy atom. The Balaban J connectivity index is 1.87. The summed E-state index contributed by atoms with van der Waals surface area (Å²) >= 11 is 0. The van der Waals surface area contributed by atoms with Crippen LogP contribution in [0.5, 0.6) is 0 Å². The van der Waals surface area contributed by atoms with Crippen LogP contribution in [0.1, 0.15) is 20.7 Å². The van der Waals surface area contributed by atoms with Crippen molar-refractivity contribution in [3.05, 3.63) is 72.2 Å². The molecule has 0 spiro atoms. The van der Waals surface area contributed by atoms with Gasteiger partial charge in [0, 0.05) is 11.1 Å². The minimum absolute atomic E-state index is 0.0345. The second-order valence-corrected chi connectivity index (χ2v) is 4.75. The van der Waals surface area contributed by atoms with Gasteiger partial charge in [-0.3, -0.25) is 4.79 Å². The first-order valence-corrected chi connectivity index (χ1v) is 6.78. The predicted octanol–water partition coefficient (Wildman–Crippen LogP) is 3.29. The molecule has 0 aliphatic rings. The van der Waals surface area contributed by atoms with Crippen LogP contribution < -0.4 is 5.32 Å². The van der Waals surface area contributed by atoms with Crippen LogP contribution in [0.4, 0.5) is 5.69 Å². The minimum atomic E-state index is -1.10. The number of nitrogens with zero attached hydrogens (tertiary/aromatic N) is 1. The van der Waals surface area contributed by atoms with Gasteiger partial charge in [-0.25, -0.2) is 9.78 Å². The van der Waals surface area contributed by atoms with E-state index >= 15 is 0 Å². The average Bonchev–Trinajstić information content (AvgIpc) is 3.10. The van der Waals surface area contributed by atoms with Gasteiger partial charge >= 0.3 is 5.97 Å². The molecule has 6 heteroatoms. The van der Waals surface area contributed by atoms with Crippen LogP contribution in [-0.2, 0) is 0 Å². The zero-order chi connectivity index (χ0) is 16.2. The van der Waals surface area contributed by atoms with Crippen LogP contribution in [0.2, 0.25) is 0 Å². The third-order valence-corrected chi connectivity index (χ3v) is 3.25. The van der Waals surface area contributed by atoms with Gasteiger partial charge in [0.05, 0.1) is 17.4 Å². The van der Waals surface area contributed by atoms with Crippen molar-refractivity contribution in [2.24, 2.45) is 0 Å². The Labute approximate surface area is 131 Å². The lowest BCUT2D eigenvalue weighted by Gasteiger charge is -2.08. The molecule has 1 heterocycles. The third kappa shape index (κ3) is 3.11. The van der Waals surface area contributed by atoms with Gasteiger partial charge < -0.3 is 14.8 Å². The van der Waals surface area contributed by atoms with Crippen molar-refractivity contribution in [3.8, 4) is 11.3 Å². The predicted molar refractivity (Wildman–Crippen MR) is 83.3 cm³/mol. The van der Waals surface area contributed by atoms with Crippen molar-refractivity contribution in [2.45, 2.75) is 0 Å². The molecule has 0 saturated carbocycles. The number of carbonyl (C=O) groups excluding carboxylic acids is 1. The van der Waals surface area contributed by atoms with Crippen LogP contribution >= 0.6 is 0 Å². The number of carboxylic acid groups (broad SMARTS) is 1. The normalized spacial score (nSPS) is 10.3. The summed E-state index contributed by atoms with van der Waals surface area (Å²) in [7, 11) is 0. The van der Waals surface area contributed by atoms with Crippen molar-refractivity contribution in [1.29, 1.82) is 0 Å². The Morgan fingerprint density at radius 1 is 1.09 bits per heavy atom. The number of hydrogen-bond acceptors (Lipinski definition) is 4. The highest BCUT2D eigenvalue weighted by Crippen LogP contribution is 2.21. The second kappa shape index (κ2) is 6.15. The highest BCUT2D eigenvalue weighted by Gasteiger charge is 2.13. The molecule has 0 radical (unpaired) electrons. The van der Waals surface area contributed by atoms with E-state index in [0.29, 0.717) is 16.9 Å². The molecule has 3 aromatic rings. The molecular weight excluding hydrogens is 296 g/mol. The number of para-hydroxylation sites is 1. The lowest BCUT2D eigenvalue weighted by atomic mass is 10.1. The molecule has 0 aliphatic carbocycles. The fourth-order valence-corrected chi connectivity index (χ4v) is 2.15. The Bertz CT molecular complexity index is 857. The summed E-state index contributed by atoms with van der Waals surface area (Å²) in [6, 6.07) is 13.0. The zero-order valence-corrected chi connectivity index (χ0v) is 11.9. The van der Waals surface area contributed by atoms with Gasteiger partial charge in [0.15, 0.2) is 12.2 Å². The second-order valence-electron chi connectivity index (χ2n) is 4.75. The number of amides is 1. The standard InChI is InChI=1S/C17H12N2O4/c20-16(19-14-7-2-1-6-13(14)17(21)22)12-5-3-4-11(8-12)15-9-18-10-23-15/h1-10H,(H,19,20)(H,21,22). The smallest absolute Gasteiger partial charge is 0.337 e. The quantitative estimate of drug-likeness (QED) is 0.771. The van der Waals surface area contributed by atoms with E-state index in [1.54, 1.807) is 48.7 Å². The first-order chi connectivity index (χ1) is 11.1. The fourth-order valence-electron chi connectivity index (χ4n) is 2.15. The number of nitrogens with one attached hydrogen (secondary N) is 1. The molecule has 0 fully saturated rings. The van der Waals surface area contributed by atoms with Crippen molar-refractivity contribution < 1.29 is 19.1 Å². The lowest BCUT2D eigenvalue weighted by Crippen LogP contribution is -2.14. The maximum Gasteiger partial charge on any atom is 0.337 e. The first-order valence-electron chi connectivity index (χ1n) is 6.78. The molecule has 6 nitrogen and oxygen atoms in total. The molecular formula is C17H12N2O4. The number of benzene rings is 2. The zero-order valence-electron chi connectivity index (χ0n) is 11.9. The van der Waals surface area contributed by atoms with E-state index in [-0.39, 0.29) is 11.3 Å². The first kappa shape index (κ1) is 14.5. The van der Waals surface area contributed by atoms with Crippen LogP contribution in [0, 0.1) is 0 Å². The third-order valence-electron chi connectivity index (χ3n) is 3.25. The monoisotopic (exact) mass is 308 g/mol. The number of oxazole rings is 1. The minimum Gasteiger partial charge on any atom is -0.478 e. The van der Waals surface area contributed by atoms with Crippen molar-refractivity contribution in [2.75, 3.05) is 5.32 Å². The molecule has 2 aromatic carbocycles. The summed E-state index contributed by atoms with van der Waals surface area (Å²) in [6.07, 6.45) is 2.86. The summed E-state index contributed by atoms with van der Waals surface area (Å²) in [6.45, 7) is 0. The highest BCUT2D eigenvalue weighted by atomic mass is 16.4. The summed E-state index contributed by atoms with van der Waals surface area (Å²) in [5.74, 6) is -0.957. The van der Waals surface area contributed by atoms with Crippen LogP contribution in [0.15, 0.2) is 65.5 Å². The summed E-state index contributed by atoms with van der Waals surface area (Å²) < 4.78 is 5.20. The van der Waals surface area contributed by atoms with E-state index in [1.165, 1.54) is 12.5 Å². The number of aromatic nitrogens is 1. The van der Waals surface area contributed by atoms with Crippen molar-refractivity contribution >= 4 is 17.6 Å². The van der Waals surface area contributed by atoms with Gasteiger partial charge in [-0.05, 0) is 24.3 Å². The average molecular weight is 308 g/mol. The lowest BCUT2D eigenvalue weighted by molar-refractivity contribution is 0.0698. The van der Waals surface area contributed by atoms with E-state index < -0.39 is 11.9 Å². The fraction of sp³-hybridized carbons (Fsp3) is 0. The molecule has 1 aromatic heterocycles. The topological polar surface area (TPSA) is 92.4 Å². The van der Waals surface area contributed by atoms with Crippen molar-refractivity contribution in [3.63, 3.8) is 0 Å². The van der Waals surface area contributed by atoms with Crippen LogP contribution in [0.3, 0.4) is 0 Å². The molecule has 114 valence electrons. The summed E-state index contributed by atoms with van der Waals surface area (Å²) in [5, 5.41) is 11.8. The molecule has 0 atom stereocenters. The Morgan fingerprint density at radius 3 is 2.65 bits per heavy atom. The molecule has 0 bridgehead atoms. The molecule has 0 aliphatic heterocycles. The largest absolute Gasteiger partial charge is 0.478 e. The maximum atomic E-state index is 12.4. The number of carbonyl (C=O) groups is 2. The van der Waals surface area contributed by atoms with E-state index in [4.69, 9.17) is 9.52 Å². The highest BCUT2D eigenvalue weighted by molar-refractivity contribution is 6.08. The van der Waals surface area contributed by atoms with Gasteiger partial charge in [0.25, 0.3) is 5.91 Å². The van der Waals surface area contributed by atoms with Gasteiger partial charge in [-0.15, -0.1) is 0 Å². The molecule has 3 rings (SSSR count). The number of anilines is 1. The number of carboxylic acids is 1. The molecule has 0 unspecified atom stereocenters. The number of aromatic carboxylic acids is 1. The maximum absolute atomic E-state index is 12.4. The molecule has 23 heavy (non-hydrogen) atoms. The van der Waals surface area contributed by atoms with Gasteiger partial charge in [-0.1, -0.05) is 24.3 Å². The van der Waals surface area contributed by atoms with Crippen LogP contribution in [-0.4, -0.2) is 22.0 Å². The molecule has 0 saturated heterocycles. The van der Waals surface area contributed by atoms with E-state index in [9.17, 15) is 9.59 Å². The molecule has 1 amide bonds. The van der Waals surface area contributed by atoms with Crippen LogP contribution in [0.25, 0.3) is 11.3 Å². The Hall–Kier alpha value is -3.41. The number of hydrogen-bond donors (Lipinski definition) is 2. The molecule has 2 N–H and O–H groups in total. The van der Waals surface area contributed by atoms with E-state index in [0.717, 1.165) is 0 Å². The van der Waals surface area contributed by atoms with Gasteiger partial charge in [0.1, 0.15) is 0 Å². The summed E-state index contributed by atoms with van der Waals surface area (Å²) in [5.41, 5.74) is 1.38. The van der Waals surface area contributed by atoms with Gasteiger partial charge in [0.2, 0.25) is 0 Å². The summed E-state index contributed by atoms with van der Waals surface area (Å²) in [4.78, 5) is 27.4. The van der Waals surface area contributed by atoms with E-state index in [1.807, 2.05) is 0 Å². The van der Waals surface area contributed by atoms with Gasteiger partial charge in [-0.2, -0.15) is 0 Å².